The zero-order valence-corrected chi connectivity index (χ0v) is 20.6. The standard InChI is InChI=1S/C26H21F2N3O4S/c1-13-29-24(35-30-13)22-11-17-18(12-31(4)25(32)23(17)36-22)16-9-14(26(2,3)33)5-7-20(16)34-21-8-6-15(27)10-19(21)28/h5-12,33H,1-4H3. The summed E-state index contributed by atoms with van der Waals surface area (Å²) in [5, 5.41) is 15.1. The lowest BCUT2D eigenvalue weighted by molar-refractivity contribution is 0.0786. The molecule has 0 spiro atoms. The van der Waals surface area contributed by atoms with Gasteiger partial charge in [0.15, 0.2) is 17.4 Å². The molecule has 0 radical (unpaired) electrons. The Hall–Kier alpha value is -3.89. The van der Waals surface area contributed by atoms with E-state index in [1.54, 1.807) is 58.3 Å². The molecule has 1 N–H and O–H groups in total. The van der Waals surface area contributed by atoms with Crippen molar-refractivity contribution in [3.63, 3.8) is 0 Å². The molecule has 0 saturated heterocycles. The van der Waals surface area contributed by atoms with Crippen molar-refractivity contribution in [3.8, 4) is 33.4 Å². The molecule has 2 aromatic carbocycles. The van der Waals surface area contributed by atoms with Gasteiger partial charge in [-0.25, -0.2) is 8.78 Å². The Morgan fingerprint density at radius 1 is 1.08 bits per heavy atom. The van der Waals surface area contributed by atoms with Crippen LogP contribution in [0.2, 0.25) is 0 Å². The maximum absolute atomic E-state index is 14.4. The maximum Gasteiger partial charge on any atom is 0.268 e. The number of aromatic nitrogens is 3. The highest BCUT2D eigenvalue weighted by Gasteiger charge is 2.23. The van der Waals surface area contributed by atoms with Gasteiger partial charge in [0, 0.05) is 35.8 Å². The van der Waals surface area contributed by atoms with Gasteiger partial charge in [-0.1, -0.05) is 11.2 Å². The van der Waals surface area contributed by atoms with Gasteiger partial charge in [0.1, 0.15) is 16.3 Å². The molecule has 36 heavy (non-hydrogen) atoms. The van der Waals surface area contributed by atoms with Crippen molar-refractivity contribution >= 4 is 21.4 Å². The molecule has 3 heterocycles. The first-order valence-corrected chi connectivity index (χ1v) is 11.8. The molecule has 0 aliphatic carbocycles. The molecule has 5 rings (SSSR count). The van der Waals surface area contributed by atoms with Crippen LogP contribution in [0.5, 0.6) is 11.5 Å². The number of rotatable bonds is 5. The molecule has 0 bridgehead atoms. The Morgan fingerprint density at radius 3 is 2.50 bits per heavy atom. The van der Waals surface area contributed by atoms with E-state index in [9.17, 15) is 18.7 Å². The Morgan fingerprint density at radius 2 is 1.83 bits per heavy atom. The number of hydrogen-bond acceptors (Lipinski definition) is 7. The van der Waals surface area contributed by atoms with Crippen LogP contribution in [0.4, 0.5) is 8.78 Å². The van der Waals surface area contributed by atoms with Gasteiger partial charge in [0.25, 0.3) is 11.4 Å². The largest absolute Gasteiger partial charge is 0.454 e. The number of hydrogen-bond donors (Lipinski definition) is 1. The third-order valence-corrected chi connectivity index (χ3v) is 6.80. The molecule has 0 aliphatic heterocycles. The lowest BCUT2D eigenvalue weighted by Gasteiger charge is -2.21. The van der Waals surface area contributed by atoms with Gasteiger partial charge in [0.2, 0.25) is 0 Å². The number of nitrogens with zero attached hydrogens (tertiary/aromatic N) is 3. The van der Waals surface area contributed by atoms with E-state index in [1.165, 1.54) is 22.0 Å². The minimum Gasteiger partial charge on any atom is -0.454 e. The average molecular weight is 510 g/mol. The van der Waals surface area contributed by atoms with E-state index in [0.717, 1.165) is 12.1 Å². The highest BCUT2D eigenvalue weighted by Crippen LogP contribution is 2.42. The van der Waals surface area contributed by atoms with Gasteiger partial charge in [-0.15, -0.1) is 11.3 Å². The van der Waals surface area contributed by atoms with Crippen LogP contribution in [0.15, 0.2) is 58.0 Å². The molecule has 0 fully saturated rings. The number of aryl methyl sites for hydroxylation is 2. The van der Waals surface area contributed by atoms with Crippen molar-refractivity contribution in [2.24, 2.45) is 7.05 Å². The highest BCUT2D eigenvalue weighted by atomic mass is 32.1. The van der Waals surface area contributed by atoms with Gasteiger partial charge < -0.3 is 18.9 Å². The van der Waals surface area contributed by atoms with Gasteiger partial charge >= 0.3 is 0 Å². The van der Waals surface area contributed by atoms with E-state index in [4.69, 9.17) is 9.26 Å². The number of aliphatic hydroxyl groups is 1. The van der Waals surface area contributed by atoms with Gasteiger partial charge in [0.05, 0.1) is 10.5 Å². The Labute approximate surface area is 208 Å². The van der Waals surface area contributed by atoms with Crippen molar-refractivity contribution in [1.82, 2.24) is 14.7 Å². The Balaban J connectivity index is 1.76. The van der Waals surface area contributed by atoms with Crippen molar-refractivity contribution in [3.05, 3.63) is 82.0 Å². The van der Waals surface area contributed by atoms with Crippen LogP contribution < -0.4 is 10.3 Å². The summed E-state index contributed by atoms with van der Waals surface area (Å²) in [6.07, 6.45) is 1.65. The lowest BCUT2D eigenvalue weighted by atomic mass is 9.93. The van der Waals surface area contributed by atoms with Gasteiger partial charge in [-0.2, -0.15) is 4.98 Å². The Kier molecular flexibility index (Phi) is 5.73. The number of benzene rings is 2. The normalized spacial score (nSPS) is 11.9. The molecule has 0 unspecified atom stereocenters. The topological polar surface area (TPSA) is 90.4 Å². The monoisotopic (exact) mass is 509 g/mol. The molecule has 3 aromatic heterocycles. The van der Waals surface area contributed by atoms with E-state index < -0.39 is 17.2 Å². The molecule has 0 atom stereocenters. The second-order valence-corrected chi connectivity index (χ2v) is 9.96. The number of ether oxygens (including phenoxy) is 1. The summed E-state index contributed by atoms with van der Waals surface area (Å²) in [5.74, 6) is -0.735. The fourth-order valence-electron chi connectivity index (χ4n) is 3.84. The second-order valence-electron chi connectivity index (χ2n) is 8.91. The van der Waals surface area contributed by atoms with Crippen LogP contribution in [-0.2, 0) is 12.6 Å². The molecular formula is C26H21F2N3O4S. The minimum atomic E-state index is -1.19. The first-order valence-electron chi connectivity index (χ1n) is 11.0. The predicted octanol–water partition coefficient (Wildman–Crippen LogP) is 5.92. The van der Waals surface area contributed by atoms with Crippen LogP contribution in [-0.4, -0.2) is 19.8 Å². The number of fused-ring (bicyclic) bond motifs is 1. The Bertz CT molecular complexity index is 1680. The second kappa shape index (κ2) is 8.65. The fraction of sp³-hybridized carbons (Fsp3) is 0.192. The van der Waals surface area contributed by atoms with Crippen molar-refractivity contribution in [2.45, 2.75) is 26.4 Å². The summed E-state index contributed by atoms with van der Waals surface area (Å²) in [7, 11) is 1.63. The van der Waals surface area contributed by atoms with E-state index in [1.807, 2.05) is 0 Å². The van der Waals surface area contributed by atoms with Crippen LogP contribution in [0, 0.1) is 18.6 Å². The van der Waals surface area contributed by atoms with E-state index in [-0.39, 0.29) is 22.9 Å². The van der Waals surface area contributed by atoms with Crippen molar-refractivity contribution in [2.75, 3.05) is 0 Å². The van der Waals surface area contributed by atoms with E-state index in [0.29, 0.717) is 37.5 Å². The third kappa shape index (κ3) is 4.29. The quantitative estimate of drug-likeness (QED) is 0.316. The summed E-state index contributed by atoms with van der Waals surface area (Å²) >= 11 is 1.22. The van der Waals surface area contributed by atoms with Crippen molar-refractivity contribution < 1.29 is 23.1 Å². The first kappa shape index (κ1) is 23.8. The zero-order chi connectivity index (χ0) is 25.8. The molecule has 5 aromatic rings. The molecule has 184 valence electrons. The molecule has 0 saturated carbocycles. The summed E-state index contributed by atoms with van der Waals surface area (Å²) in [6.45, 7) is 4.98. The molecule has 0 amide bonds. The lowest BCUT2D eigenvalue weighted by Crippen LogP contribution is -2.16. The molecule has 10 heteroatoms. The number of halogens is 2. The van der Waals surface area contributed by atoms with Gasteiger partial charge in [-0.05, 0) is 56.7 Å². The van der Waals surface area contributed by atoms with Crippen molar-refractivity contribution in [1.29, 1.82) is 0 Å². The molecule has 0 aliphatic rings. The first-order chi connectivity index (χ1) is 17.0. The summed E-state index contributed by atoms with van der Waals surface area (Å²) < 4.78 is 40.9. The van der Waals surface area contributed by atoms with E-state index >= 15 is 0 Å². The van der Waals surface area contributed by atoms with Crippen LogP contribution in [0.1, 0.15) is 25.2 Å². The molecule has 7 nitrogen and oxygen atoms in total. The zero-order valence-electron chi connectivity index (χ0n) is 19.8. The minimum absolute atomic E-state index is 0.165. The highest BCUT2D eigenvalue weighted by molar-refractivity contribution is 7.22. The van der Waals surface area contributed by atoms with Crippen LogP contribution >= 0.6 is 11.3 Å². The number of thiophene rings is 1. The fourth-order valence-corrected chi connectivity index (χ4v) is 4.91. The van der Waals surface area contributed by atoms with Crippen LogP contribution in [0.3, 0.4) is 0 Å². The number of pyridine rings is 1. The third-order valence-electron chi connectivity index (χ3n) is 5.69. The smallest absolute Gasteiger partial charge is 0.268 e. The molecular weight excluding hydrogens is 488 g/mol. The maximum atomic E-state index is 14.4. The summed E-state index contributed by atoms with van der Waals surface area (Å²) in [5.41, 5.74) is 0.288. The predicted molar refractivity (Wildman–Crippen MR) is 132 cm³/mol. The average Bonchev–Trinajstić information content (AvgIpc) is 3.44. The summed E-state index contributed by atoms with van der Waals surface area (Å²) in [6, 6.07) is 9.83. The van der Waals surface area contributed by atoms with Crippen LogP contribution in [0.25, 0.3) is 32.0 Å². The summed E-state index contributed by atoms with van der Waals surface area (Å²) in [4.78, 5) is 17.9. The SMILES string of the molecule is Cc1noc(-c2cc3c(-c4cc(C(C)(C)O)ccc4Oc4ccc(F)cc4F)cn(C)c(=O)c3s2)n1. The van der Waals surface area contributed by atoms with Gasteiger partial charge in [-0.3, -0.25) is 4.79 Å². The van der Waals surface area contributed by atoms with E-state index in [2.05, 4.69) is 10.1 Å².